The molecule has 90 valence electrons. The summed E-state index contributed by atoms with van der Waals surface area (Å²) in [6, 6.07) is 4.93. The Morgan fingerprint density at radius 2 is 2.17 bits per heavy atom. The summed E-state index contributed by atoms with van der Waals surface area (Å²) in [6.45, 7) is 1.88. The lowest BCUT2D eigenvalue weighted by Gasteiger charge is -1.95. The van der Waals surface area contributed by atoms with E-state index in [-0.39, 0.29) is 17.3 Å². The van der Waals surface area contributed by atoms with Crippen molar-refractivity contribution in [3.63, 3.8) is 0 Å². The third-order valence-electron chi connectivity index (χ3n) is 2.48. The lowest BCUT2D eigenvalue weighted by atomic mass is 10.3. The Hall–Kier alpha value is -2.63. The standard InChI is InChI=1S/C12H9N3O3/c1-7-4-6-17-10(7)11-14-12(18-15-11)9-8(16)3-2-5-13-9/h2-6,16H,1H3. The molecule has 0 saturated carbocycles. The van der Waals surface area contributed by atoms with E-state index in [1.165, 1.54) is 12.3 Å². The molecular formula is C12H9N3O3. The fourth-order valence-electron chi connectivity index (χ4n) is 1.58. The summed E-state index contributed by atoms with van der Waals surface area (Å²) in [4.78, 5) is 8.14. The Kier molecular flexibility index (Phi) is 2.33. The van der Waals surface area contributed by atoms with Gasteiger partial charge in [-0.15, -0.1) is 0 Å². The Morgan fingerprint density at radius 3 is 2.89 bits per heavy atom. The van der Waals surface area contributed by atoms with E-state index < -0.39 is 0 Å². The number of hydrogen-bond acceptors (Lipinski definition) is 6. The minimum Gasteiger partial charge on any atom is -0.505 e. The maximum atomic E-state index is 9.64. The molecule has 0 aliphatic rings. The minimum absolute atomic E-state index is 0.0103. The number of pyridine rings is 1. The van der Waals surface area contributed by atoms with Crippen molar-refractivity contribution in [1.82, 2.24) is 15.1 Å². The van der Waals surface area contributed by atoms with Crippen molar-refractivity contribution in [3.8, 4) is 28.9 Å². The van der Waals surface area contributed by atoms with Crippen LogP contribution in [0.4, 0.5) is 0 Å². The second kappa shape index (κ2) is 3.99. The van der Waals surface area contributed by atoms with Crippen LogP contribution in [0.1, 0.15) is 5.56 Å². The summed E-state index contributed by atoms with van der Waals surface area (Å²) < 4.78 is 10.3. The first kappa shape index (κ1) is 10.5. The summed E-state index contributed by atoms with van der Waals surface area (Å²) in [5.41, 5.74) is 1.16. The van der Waals surface area contributed by atoms with Crippen molar-refractivity contribution in [2.75, 3.05) is 0 Å². The SMILES string of the molecule is Cc1ccoc1-c1noc(-c2ncccc2O)n1. The first-order valence-corrected chi connectivity index (χ1v) is 5.28. The first-order chi connectivity index (χ1) is 8.75. The first-order valence-electron chi connectivity index (χ1n) is 5.28. The van der Waals surface area contributed by atoms with Crippen LogP contribution in [0.3, 0.4) is 0 Å². The summed E-state index contributed by atoms with van der Waals surface area (Å²) >= 11 is 0. The Morgan fingerprint density at radius 1 is 1.28 bits per heavy atom. The zero-order chi connectivity index (χ0) is 12.5. The topological polar surface area (TPSA) is 85.2 Å². The van der Waals surface area contributed by atoms with Gasteiger partial charge < -0.3 is 14.0 Å². The van der Waals surface area contributed by atoms with Crippen LogP contribution in [0, 0.1) is 6.92 Å². The van der Waals surface area contributed by atoms with Crippen LogP contribution >= 0.6 is 0 Å². The van der Waals surface area contributed by atoms with Crippen molar-refractivity contribution >= 4 is 0 Å². The third kappa shape index (κ3) is 1.64. The molecule has 3 aromatic heterocycles. The van der Waals surface area contributed by atoms with Crippen molar-refractivity contribution in [2.45, 2.75) is 6.92 Å². The van der Waals surface area contributed by atoms with Crippen LogP contribution in [-0.4, -0.2) is 20.2 Å². The predicted octanol–water partition coefficient (Wildman–Crippen LogP) is 2.41. The van der Waals surface area contributed by atoms with E-state index >= 15 is 0 Å². The summed E-state index contributed by atoms with van der Waals surface area (Å²) in [5, 5.41) is 13.5. The highest BCUT2D eigenvalue weighted by Crippen LogP contribution is 2.28. The van der Waals surface area contributed by atoms with Crippen molar-refractivity contribution in [3.05, 3.63) is 36.2 Å². The quantitative estimate of drug-likeness (QED) is 0.743. The normalized spacial score (nSPS) is 10.7. The molecule has 0 spiro atoms. The molecule has 0 aliphatic carbocycles. The van der Waals surface area contributed by atoms with Gasteiger partial charge >= 0.3 is 0 Å². The van der Waals surface area contributed by atoms with Gasteiger partial charge in [-0.05, 0) is 30.7 Å². The van der Waals surface area contributed by atoms with Crippen LogP contribution in [0.2, 0.25) is 0 Å². The number of aromatic nitrogens is 3. The molecule has 0 fully saturated rings. The molecule has 3 rings (SSSR count). The zero-order valence-corrected chi connectivity index (χ0v) is 9.49. The zero-order valence-electron chi connectivity index (χ0n) is 9.49. The molecule has 3 aromatic rings. The maximum absolute atomic E-state index is 9.64. The average Bonchev–Trinajstić information content (AvgIpc) is 2.98. The van der Waals surface area contributed by atoms with Crippen LogP contribution < -0.4 is 0 Å². The monoisotopic (exact) mass is 243 g/mol. The van der Waals surface area contributed by atoms with E-state index in [0.717, 1.165) is 5.56 Å². The fourth-order valence-corrected chi connectivity index (χ4v) is 1.58. The molecule has 0 saturated heterocycles. The van der Waals surface area contributed by atoms with Gasteiger partial charge in [0.2, 0.25) is 5.82 Å². The van der Waals surface area contributed by atoms with Crippen LogP contribution in [0.15, 0.2) is 39.6 Å². The number of nitrogens with zero attached hydrogens (tertiary/aromatic N) is 3. The minimum atomic E-state index is -0.0103. The third-order valence-corrected chi connectivity index (χ3v) is 2.48. The van der Waals surface area contributed by atoms with E-state index in [4.69, 9.17) is 8.94 Å². The molecule has 18 heavy (non-hydrogen) atoms. The van der Waals surface area contributed by atoms with Crippen LogP contribution in [-0.2, 0) is 0 Å². The maximum Gasteiger partial charge on any atom is 0.280 e. The van der Waals surface area contributed by atoms with Gasteiger partial charge in [0.15, 0.2) is 11.5 Å². The highest BCUT2D eigenvalue weighted by Gasteiger charge is 2.17. The molecule has 0 bridgehead atoms. The number of aromatic hydroxyl groups is 1. The summed E-state index contributed by atoms with van der Waals surface area (Å²) in [5.74, 6) is 1.01. The van der Waals surface area contributed by atoms with Gasteiger partial charge in [-0.25, -0.2) is 4.98 Å². The molecule has 6 heteroatoms. The Labute approximate surface area is 102 Å². The van der Waals surface area contributed by atoms with Gasteiger partial charge in [0.1, 0.15) is 5.75 Å². The highest BCUT2D eigenvalue weighted by molar-refractivity contribution is 5.59. The lowest BCUT2D eigenvalue weighted by molar-refractivity contribution is 0.421. The smallest absolute Gasteiger partial charge is 0.280 e. The Balaban J connectivity index is 2.05. The van der Waals surface area contributed by atoms with Gasteiger partial charge in [0, 0.05) is 6.20 Å². The van der Waals surface area contributed by atoms with Crippen molar-refractivity contribution in [2.24, 2.45) is 0 Å². The lowest BCUT2D eigenvalue weighted by Crippen LogP contribution is -1.84. The molecule has 0 amide bonds. The molecule has 0 unspecified atom stereocenters. The molecule has 0 aliphatic heterocycles. The van der Waals surface area contributed by atoms with Gasteiger partial charge in [-0.2, -0.15) is 4.98 Å². The second-order valence-electron chi connectivity index (χ2n) is 3.73. The molecule has 3 heterocycles. The molecule has 0 radical (unpaired) electrons. The van der Waals surface area contributed by atoms with Crippen LogP contribution in [0.25, 0.3) is 23.2 Å². The van der Waals surface area contributed by atoms with E-state index in [0.29, 0.717) is 11.6 Å². The summed E-state index contributed by atoms with van der Waals surface area (Å²) in [6.07, 6.45) is 3.09. The largest absolute Gasteiger partial charge is 0.505 e. The van der Waals surface area contributed by atoms with E-state index in [1.807, 2.05) is 13.0 Å². The van der Waals surface area contributed by atoms with Gasteiger partial charge in [0.25, 0.3) is 5.89 Å². The van der Waals surface area contributed by atoms with Gasteiger partial charge in [-0.3, -0.25) is 0 Å². The molecule has 0 atom stereocenters. The average molecular weight is 243 g/mol. The van der Waals surface area contributed by atoms with Crippen molar-refractivity contribution < 1.29 is 14.0 Å². The molecule has 0 aromatic carbocycles. The van der Waals surface area contributed by atoms with Crippen LogP contribution in [0.5, 0.6) is 5.75 Å². The molecule has 1 N–H and O–H groups in total. The van der Waals surface area contributed by atoms with E-state index in [1.54, 1.807) is 12.3 Å². The van der Waals surface area contributed by atoms with Gasteiger partial charge in [-0.1, -0.05) is 5.16 Å². The van der Waals surface area contributed by atoms with Gasteiger partial charge in [0.05, 0.1) is 6.26 Å². The molecular weight excluding hydrogens is 234 g/mol. The fraction of sp³-hybridized carbons (Fsp3) is 0.0833. The van der Waals surface area contributed by atoms with E-state index in [9.17, 15) is 5.11 Å². The summed E-state index contributed by atoms with van der Waals surface area (Å²) in [7, 11) is 0. The number of rotatable bonds is 2. The second-order valence-corrected chi connectivity index (χ2v) is 3.73. The number of furan rings is 1. The number of aryl methyl sites for hydroxylation is 1. The highest BCUT2D eigenvalue weighted by atomic mass is 16.5. The van der Waals surface area contributed by atoms with Crippen molar-refractivity contribution in [1.29, 1.82) is 0 Å². The molecule has 6 nitrogen and oxygen atoms in total. The predicted molar refractivity (Wildman–Crippen MR) is 61.6 cm³/mol. The van der Waals surface area contributed by atoms with E-state index in [2.05, 4.69) is 15.1 Å². The number of hydrogen-bond donors (Lipinski definition) is 1. The Bertz CT molecular complexity index is 687.